The lowest BCUT2D eigenvalue weighted by Gasteiger charge is -2.14. The third-order valence-electron chi connectivity index (χ3n) is 2.86. The van der Waals surface area contributed by atoms with Gasteiger partial charge in [-0.05, 0) is 36.4 Å². The van der Waals surface area contributed by atoms with Gasteiger partial charge < -0.3 is 15.3 Å². The quantitative estimate of drug-likeness (QED) is 0.744. The van der Waals surface area contributed by atoms with Gasteiger partial charge in [0.2, 0.25) is 0 Å². The summed E-state index contributed by atoms with van der Waals surface area (Å²) in [7, 11) is 0. The molecule has 2 rings (SSSR count). The molecule has 20 heavy (non-hydrogen) atoms. The molecule has 110 valence electrons. The Labute approximate surface area is 117 Å². The molecule has 4 nitrogen and oxygen atoms in total. The average Bonchev–Trinajstić information content (AvgIpc) is 2.72. The summed E-state index contributed by atoms with van der Waals surface area (Å²) in [6.45, 7) is 2.12. The summed E-state index contributed by atoms with van der Waals surface area (Å²) >= 11 is -0.0384. The first-order valence-corrected chi connectivity index (χ1v) is 7.00. The standard InChI is InChI=1S/C12H14F3N3OS/c1-7(16-4-5-20-12(13,14)15)8-2-3-9-10(6-8)18-11(19)17-9/h2-3,6-7,16H,4-5H2,1H3,(H2,17,18,19). The summed E-state index contributed by atoms with van der Waals surface area (Å²) in [5, 5.41) is 3.02. The molecule has 0 amide bonds. The molecule has 0 saturated heterocycles. The number of hydrogen-bond acceptors (Lipinski definition) is 3. The van der Waals surface area contributed by atoms with E-state index in [1.165, 1.54) is 0 Å². The van der Waals surface area contributed by atoms with Crippen molar-refractivity contribution in [1.82, 2.24) is 15.3 Å². The first kappa shape index (κ1) is 15.0. The van der Waals surface area contributed by atoms with Crippen LogP contribution in [0.4, 0.5) is 13.2 Å². The Kier molecular flexibility index (Phi) is 4.44. The van der Waals surface area contributed by atoms with Gasteiger partial charge in [0.25, 0.3) is 0 Å². The molecular weight excluding hydrogens is 291 g/mol. The van der Waals surface area contributed by atoms with Crippen LogP contribution >= 0.6 is 11.8 Å². The molecule has 8 heteroatoms. The Morgan fingerprint density at radius 3 is 2.70 bits per heavy atom. The number of imidazole rings is 1. The molecule has 1 atom stereocenters. The van der Waals surface area contributed by atoms with Crippen LogP contribution in [-0.4, -0.2) is 27.8 Å². The topological polar surface area (TPSA) is 60.7 Å². The first-order chi connectivity index (χ1) is 9.35. The van der Waals surface area contributed by atoms with E-state index in [-0.39, 0.29) is 35.8 Å². The number of rotatable bonds is 5. The largest absolute Gasteiger partial charge is 0.441 e. The van der Waals surface area contributed by atoms with Crippen LogP contribution in [0.2, 0.25) is 0 Å². The van der Waals surface area contributed by atoms with Gasteiger partial charge >= 0.3 is 11.2 Å². The normalized spacial score (nSPS) is 13.8. The fourth-order valence-electron chi connectivity index (χ4n) is 1.88. The zero-order valence-corrected chi connectivity index (χ0v) is 11.5. The van der Waals surface area contributed by atoms with E-state index in [0.717, 1.165) is 5.56 Å². The van der Waals surface area contributed by atoms with Crippen molar-refractivity contribution in [3.63, 3.8) is 0 Å². The van der Waals surface area contributed by atoms with Gasteiger partial charge in [0.15, 0.2) is 0 Å². The number of aromatic nitrogens is 2. The molecular formula is C12H14F3N3OS. The maximum Gasteiger partial charge on any atom is 0.441 e. The molecule has 1 aromatic heterocycles. The third-order valence-corrected chi connectivity index (χ3v) is 3.59. The molecule has 0 fully saturated rings. The second-order valence-corrected chi connectivity index (χ2v) is 5.51. The smallest absolute Gasteiger partial charge is 0.309 e. The van der Waals surface area contributed by atoms with Crippen LogP contribution < -0.4 is 11.0 Å². The molecule has 1 unspecified atom stereocenters. The van der Waals surface area contributed by atoms with Crippen LogP contribution in [0.25, 0.3) is 11.0 Å². The van der Waals surface area contributed by atoms with E-state index in [9.17, 15) is 18.0 Å². The summed E-state index contributed by atoms with van der Waals surface area (Å²) in [5.74, 6) is -0.0307. The highest BCUT2D eigenvalue weighted by molar-refractivity contribution is 8.00. The van der Waals surface area contributed by atoms with E-state index in [1.807, 2.05) is 19.1 Å². The molecule has 3 N–H and O–H groups in total. The van der Waals surface area contributed by atoms with E-state index in [4.69, 9.17) is 0 Å². The van der Waals surface area contributed by atoms with Crippen molar-refractivity contribution in [3.05, 3.63) is 34.2 Å². The summed E-state index contributed by atoms with van der Waals surface area (Å²) in [6.07, 6.45) is 0. The number of benzene rings is 1. The van der Waals surface area contributed by atoms with Crippen LogP contribution in [0, 0.1) is 0 Å². The van der Waals surface area contributed by atoms with E-state index < -0.39 is 5.51 Å². The predicted octanol–water partition coefficient (Wildman–Crippen LogP) is 2.76. The Morgan fingerprint density at radius 2 is 2.00 bits per heavy atom. The summed E-state index contributed by atoms with van der Waals surface area (Å²) in [4.78, 5) is 16.4. The fraction of sp³-hybridized carbons (Fsp3) is 0.417. The maximum absolute atomic E-state index is 12.0. The van der Waals surface area contributed by atoms with E-state index in [1.54, 1.807) is 6.07 Å². The molecule has 1 heterocycles. The summed E-state index contributed by atoms with van der Waals surface area (Å²) in [6, 6.07) is 5.32. The van der Waals surface area contributed by atoms with Crippen molar-refractivity contribution in [3.8, 4) is 0 Å². The van der Waals surface area contributed by atoms with Crippen molar-refractivity contribution in [2.24, 2.45) is 0 Å². The maximum atomic E-state index is 12.0. The molecule has 0 saturated carbocycles. The lowest BCUT2D eigenvalue weighted by atomic mass is 10.1. The Hall–Kier alpha value is -1.41. The minimum atomic E-state index is -4.19. The van der Waals surface area contributed by atoms with Crippen LogP contribution in [0.1, 0.15) is 18.5 Å². The molecule has 2 aromatic rings. The molecule has 0 aliphatic rings. The zero-order chi connectivity index (χ0) is 14.8. The van der Waals surface area contributed by atoms with Gasteiger partial charge in [0.05, 0.1) is 11.0 Å². The minimum Gasteiger partial charge on any atom is -0.309 e. The van der Waals surface area contributed by atoms with Crippen LogP contribution in [-0.2, 0) is 0 Å². The molecule has 0 bridgehead atoms. The first-order valence-electron chi connectivity index (χ1n) is 6.01. The van der Waals surface area contributed by atoms with Crippen molar-refractivity contribution >= 4 is 22.8 Å². The molecule has 0 aliphatic carbocycles. The predicted molar refractivity (Wildman–Crippen MR) is 73.9 cm³/mol. The minimum absolute atomic E-state index is 0.0307. The average molecular weight is 305 g/mol. The monoisotopic (exact) mass is 305 g/mol. The van der Waals surface area contributed by atoms with Crippen molar-refractivity contribution in [2.75, 3.05) is 12.3 Å². The highest BCUT2D eigenvalue weighted by Crippen LogP contribution is 2.29. The Morgan fingerprint density at radius 1 is 1.30 bits per heavy atom. The number of aromatic amines is 2. The number of alkyl halides is 3. The molecule has 0 radical (unpaired) electrons. The Bertz CT molecular complexity index is 635. The van der Waals surface area contributed by atoms with Crippen molar-refractivity contribution < 1.29 is 13.2 Å². The lowest BCUT2D eigenvalue weighted by molar-refractivity contribution is -0.0327. The number of H-pyrrole nitrogens is 2. The SMILES string of the molecule is CC(NCCSC(F)(F)F)c1ccc2[nH]c(=O)[nH]c2c1. The van der Waals surface area contributed by atoms with Gasteiger partial charge in [-0.25, -0.2) is 4.79 Å². The van der Waals surface area contributed by atoms with E-state index in [0.29, 0.717) is 11.0 Å². The van der Waals surface area contributed by atoms with Crippen LogP contribution in [0.3, 0.4) is 0 Å². The second kappa shape index (κ2) is 5.92. The number of hydrogen-bond donors (Lipinski definition) is 3. The van der Waals surface area contributed by atoms with Crippen molar-refractivity contribution in [1.29, 1.82) is 0 Å². The second-order valence-electron chi connectivity index (χ2n) is 4.35. The highest BCUT2D eigenvalue weighted by Gasteiger charge is 2.27. The molecule has 0 aliphatic heterocycles. The van der Waals surface area contributed by atoms with Crippen LogP contribution in [0.5, 0.6) is 0 Å². The van der Waals surface area contributed by atoms with Gasteiger partial charge in [0.1, 0.15) is 0 Å². The van der Waals surface area contributed by atoms with Gasteiger partial charge in [-0.3, -0.25) is 0 Å². The number of nitrogens with one attached hydrogen (secondary N) is 3. The lowest BCUT2D eigenvalue weighted by Crippen LogP contribution is -2.22. The van der Waals surface area contributed by atoms with Gasteiger partial charge in [0, 0.05) is 18.3 Å². The van der Waals surface area contributed by atoms with Gasteiger partial charge in [-0.15, -0.1) is 0 Å². The number of thioether (sulfide) groups is 1. The van der Waals surface area contributed by atoms with E-state index >= 15 is 0 Å². The van der Waals surface area contributed by atoms with E-state index in [2.05, 4.69) is 15.3 Å². The van der Waals surface area contributed by atoms with Crippen molar-refractivity contribution in [2.45, 2.75) is 18.5 Å². The number of halogens is 3. The van der Waals surface area contributed by atoms with Crippen LogP contribution in [0.15, 0.2) is 23.0 Å². The third kappa shape index (κ3) is 4.04. The summed E-state index contributed by atoms with van der Waals surface area (Å²) < 4.78 is 35.9. The zero-order valence-electron chi connectivity index (χ0n) is 10.7. The molecule has 1 aromatic carbocycles. The van der Waals surface area contributed by atoms with Gasteiger partial charge in [-0.1, -0.05) is 6.07 Å². The summed E-state index contributed by atoms with van der Waals surface area (Å²) in [5.41, 5.74) is -2.16. The van der Waals surface area contributed by atoms with Gasteiger partial charge in [-0.2, -0.15) is 13.2 Å². The highest BCUT2D eigenvalue weighted by atomic mass is 32.2. The fourth-order valence-corrected chi connectivity index (χ4v) is 2.33. The number of fused-ring (bicyclic) bond motifs is 1. The molecule has 0 spiro atoms. The Balaban J connectivity index is 1.93.